The summed E-state index contributed by atoms with van der Waals surface area (Å²) in [5, 5.41) is 16.5. The molecule has 2 N–H and O–H groups in total. The molecule has 0 fully saturated rings. The van der Waals surface area contributed by atoms with Gasteiger partial charge in [0, 0.05) is 5.39 Å². The molecule has 0 radical (unpaired) electrons. The van der Waals surface area contributed by atoms with Crippen LogP contribution >= 0.6 is 11.6 Å². The van der Waals surface area contributed by atoms with Gasteiger partial charge in [-0.3, -0.25) is 9.89 Å². The molecule has 5 heteroatoms. The Morgan fingerprint density at radius 3 is 3.07 bits per heavy atom. The van der Waals surface area contributed by atoms with Crippen molar-refractivity contribution in [2.24, 2.45) is 0 Å². The van der Waals surface area contributed by atoms with Gasteiger partial charge in [0.15, 0.2) is 0 Å². The normalized spacial score (nSPS) is 10.6. The van der Waals surface area contributed by atoms with Gasteiger partial charge >= 0.3 is 5.97 Å². The molecule has 1 aromatic heterocycles. The van der Waals surface area contributed by atoms with Gasteiger partial charge in [-0.2, -0.15) is 5.10 Å². The SMILES string of the molecule is O=C(O)Cc1cc(Cl)c2[nH]ncc2c1. The fourth-order valence-electron chi connectivity index (χ4n) is 1.35. The highest BCUT2D eigenvalue weighted by molar-refractivity contribution is 6.35. The first-order chi connectivity index (χ1) is 6.66. The predicted molar refractivity (Wildman–Crippen MR) is 52.4 cm³/mol. The Morgan fingerprint density at radius 2 is 2.36 bits per heavy atom. The fourth-order valence-corrected chi connectivity index (χ4v) is 1.64. The zero-order chi connectivity index (χ0) is 10.1. The van der Waals surface area contributed by atoms with Gasteiger partial charge in [0.25, 0.3) is 0 Å². The Morgan fingerprint density at radius 1 is 1.57 bits per heavy atom. The number of H-pyrrole nitrogens is 1. The molecular weight excluding hydrogens is 204 g/mol. The summed E-state index contributed by atoms with van der Waals surface area (Å²) >= 11 is 5.92. The summed E-state index contributed by atoms with van der Waals surface area (Å²) in [4.78, 5) is 10.5. The van der Waals surface area contributed by atoms with E-state index in [1.807, 2.05) is 0 Å². The van der Waals surface area contributed by atoms with Crippen molar-refractivity contribution in [1.82, 2.24) is 10.2 Å². The molecule has 0 aliphatic rings. The third-order valence-electron chi connectivity index (χ3n) is 1.92. The van der Waals surface area contributed by atoms with E-state index in [0.29, 0.717) is 10.6 Å². The Labute approximate surface area is 84.5 Å². The Balaban J connectivity index is 2.53. The van der Waals surface area contributed by atoms with Crippen molar-refractivity contribution < 1.29 is 9.90 Å². The van der Waals surface area contributed by atoms with Crippen LogP contribution in [0.2, 0.25) is 5.02 Å². The molecule has 0 atom stereocenters. The topological polar surface area (TPSA) is 66.0 Å². The summed E-state index contributed by atoms with van der Waals surface area (Å²) in [5.41, 5.74) is 1.41. The second-order valence-corrected chi connectivity index (χ2v) is 3.39. The molecule has 0 saturated carbocycles. The molecule has 0 bridgehead atoms. The number of aliphatic carboxylic acids is 1. The van der Waals surface area contributed by atoms with E-state index >= 15 is 0 Å². The van der Waals surface area contributed by atoms with Crippen LogP contribution in [0.4, 0.5) is 0 Å². The average molecular weight is 211 g/mol. The largest absolute Gasteiger partial charge is 0.481 e. The van der Waals surface area contributed by atoms with Gasteiger partial charge in [0.1, 0.15) is 0 Å². The van der Waals surface area contributed by atoms with E-state index in [4.69, 9.17) is 16.7 Å². The zero-order valence-corrected chi connectivity index (χ0v) is 7.88. The monoisotopic (exact) mass is 210 g/mol. The van der Waals surface area contributed by atoms with Crippen molar-refractivity contribution in [1.29, 1.82) is 0 Å². The fraction of sp³-hybridized carbons (Fsp3) is 0.111. The molecule has 14 heavy (non-hydrogen) atoms. The van der Waals surface area contributed by atoms with E-state index in [9.17, 15) is 4.79 Å². The van der Waals surface area contributed by atoms with Gasteiger partial charge < -0.3 is 5.11 Å². The third-order valence-corrected chi connectivity index (χ3v) is 2.21. The molecule has 0 saturated heterocycles. The van der Waals surface area contributed by atoms with Crippen LogP contribution in [0.25, 0.3) is 10.9 Å². The number of hydrogen-bond acceptors (Lipinski definition) is 2. The molecule has 0 aliphatic heterocycles. The third kappa shape index (κ3) is 1.56. The predicted octanol–water partition coefficient (Wildman–Crippen LogP) is 1.84. The molecule has 2 rings (SSSR count). The summed E-state index contributed by atoms with van der Waals surface area (Å²) in [5.74, 6) is -0.871. The molecule has 0 unspecified atom stereocenters. The number of carboxylic acids is 1. The van der Waals surface area contributed by atoms with Gasteiger partial charge in [0.2, 0.25) is 0 Å². The minimum Gasteiger partial charge on any atom is -0.481 e. The van der Waals surface area contributed by atoms with Crippen LogP contribution in [-0.4, -0.2) is 21.3 Å². The highest BCUT2D eigenvalue weighted by Gasteiger charge is 2.06. The number of aromatic nitrogens is 2. The lowest BCUT2D eigenvalue weighted by atomic mass is 10.1. The molecule has 2 aromatic rings. The maximum absolute atomic E-state index is 10.5. The van der Waals surface area contributed by atoms with Crippen molar-refractivity contribution in [2.75, 3.05) is 0 Å². The number of rotatable bonds is 2. The maximum Gasteiger partial charge on any atom is 0.307 e. The van der Waals surface area contributed by atoms with E-state index in [0.717, 1.165) is 10.9 Å². The van der Waals surface area contributed by atoms with E-state index in [2.05, 4.69) is 10.2 Å². The Kier molecular flexibility index (Phi) is 2.13. The number of nitrogens with one attached hydrogen (secondary N) is 1. The van der Waals surface area contributed by atoms with Gasteiger partial charge in [-0.1, -0.05) is 11.6 Å². The lowest BCUT2D eigenvalue weighted by molar-refractivity contribution is -0.136. The van der Waals surface area contributed by atoms with Crippen LogP contribution in [0.15, 0.2) is 18.3 Å². The lowest BCUT2D eigenvalue weighted by Gasteiger charge is -1.99. The number of nitrogens with zero attached hydrogens (tertiary/aromatic N) is 1. The molecule has 72 valence electrons. The van der Waals surface area contributed by atoms with Gasteiger partial charge in [-0.05, 0) is 17.7 Å². The van der Waals surface area contributed by atoms with Crippen molar-refractivity contribution >= 4 is 28.5 Å². The summed E-state index contributed by atoms with van der Waals surface area (Å²) in [6, 6.07) is 3.40. The highest BCUT2D eigenvalue weighted by atomic mass is 35.5. The highest BCUT2D eigenvalue weighted by Crippen LogP contribution is 2.23. The lowest BCUT2D eigenvalue weighted by Crippen LogP contribution is -1.99. The van der Waals surface area contributed by atoms with E-state index < -0.39 is 5.97 Å². The number of hydrogen-bond donors (Lipinski definition) is 2. The molecule has 4 nitrogen and oxygen atoms in total. The standard InChI is InChI=1S/C9H7ClN2O2/c10-7-2-5(3-8(13)14)1-6-4-11-12-9(6)7/h1-2,4H,3H2,(H,11,12)(H,13,14). The number of aromatic amines is 1. The van der Waals surface area contributed by atoms with Crippen LogP contribution in [0.5, 0.6) is 0 Å². The van der Waals surface area contributed by atoms with Gasteiger partial charge in [-0.15, -0.1) is 0 Å². The van der Waals surface area contributed by atoms with Crippen molar-refractivity contribution in [3.05, 3.63) is 28.9 Å². The van der Waals surface area contributed by atoms with Crippen molar-refractivity contribution in [2.45, 2.75) is 6.42 Å². The molecule has 0 amide bonds. The van der Waals surface area contributed by atoms with Crippen molar-refractivity contribution in [3.63, 3.8) is 0 Å². The number of carbonyl (C=O) groups is 1. The number of fused-ring (bicyclic) bond motifs is 1. The Bertz CT molecular complexity index is 493. The molecular formula is C9H7ClN2O2. The maximum atomic E-state index is 10.5. The van der Waals surface area contributed by atoms with E-state index in [1.165, 1.54) is 0 Å². The number of halogens is 1. The number of carboxylic acid groups (broad SMARTS) is 1. The quantitative estimate of drug-likeness (QED) is 0.795. The smallest absolute Gasteiger partial charge is 0.307 e. The first-order valence-corrected chi connectivity index (χ1v) is 4.38. The Hall–Kier alpha value is -1.55. The summed E-state index contributed by atoms with van der Waals surface area (Å²) < 4.78 is 0. The molecule has 1 aromatic carbocycles. The first-order valence-electron chi connectivity index (χ1n) is 4.00. The summed E-state index contributed by atoms with van der Waals surface area (Å²) in [6.07, 6.45) is 1.59. The minimum atomic E-state index is -0.871. The van der Waals surface area contributed by atoms with Crippen molar-refractivity contribution in [3.8, 4) is 0 Å². The van der Waals surface area contributed by atoms with Crippen LogP contribution < -0.4 is 0 Å². The second-order valence-electron chi connectivity index (χ2n) is 2.98. The first kappa shape index (κ1) is 9.02. The molecule has 1 heterocycles. The summed E-state index contributed by atoms with van der Waals surface area (Å²) in [6.45, 7) is 0. The second kappa shape index (κ2) is 3.31. The summed E-state index contributed by atoms with van der Waals surface area (Å²) in [7, 11) is 0. The van der Waals surface area contributed by atoms with Crippen LogP contribution in [0.1, 0.15) is 5.56 Å². The zero-order valence-electron chi connectivity index (χ0n) is 7.12. The van der Waals surface area contributed by atoms with Crippen LogP contribution in [-0.2, 0) is 11.2 Å². The average Bonchev–Trinajstić information content (AvgIpc) is 2.50. The van der Waals surface area contributed by atoms with E-state index in [-0.39, 0.29) is 6.42 Å². The minimum absolute atomic E-state index is 0.0269. The van der Waals surface area contributed by atoms with Crippen LogP contribution in [0.3, 0.4) is 0 Å². The van der Waals surface area contributed by atoms with Crippen LogP contribution in [0, 0.1) is 0 Å². The van der Waals surface area contributed by atoms with Gasteiger partial charge in [-0.25, -0.2) is 0 Å². The van der Waals surface area contributed by atoms with Gasteiger partial charge in [0.05, 0.1) is 23.2 Å². The van der Waals surface area contributed by atoms with E-state index in [1.54, 1.807) is 18.3 Å². The molecule has 0 aliphatic carbocycles. The molecule has 0 spiro atoms. The number of benzene rings is 1.